The van der Waals surface area contributed by atoms with Crippen LogP contribution in [0.2, 0.25) is 0 Å². The van der Waals surface area contributed by atoms with Gasteiger partial charge in [0.15, 0.2) is 6.61 Å². The Balaban J connectivity index is 2.06. The standard InChI is InChI=1S/C14H18N2O4/c1-14(2,8-17)7-15-13(19)9-3-4-10-11(5-9)20-6-12(18)16-10/h3-5,17H,6-8H2,1-2H3,(H,15,19)(H,16,18). The molecule has 0 saturated heterocycles. The molecule has 20 heavy (non-hydrogen) atoms. The molecular formula is C14H18N2O4. The second-order valence-electron chi connectivity index (χ2n) is 5.55. The van der Waals surface area contributed by atoms with Crippen LogP contribution in [0.5, 0.6) is 5.75 Å². The zero-order valence-corrected chi connectivity index (χ0v) is 11.5. The van der Waals surface area contributed by atoms with E-state index in [-0.39, 0.29) is 30.4 Å². The predicted molar refractivity (Wildman–Crippen MR) is 73.8 cm³/mol. The van der Waals surface area contributed by atoms with Crippen molar-refractivity contribution in [2.45, 2.75) is 13.8 Å². The minimum atomic E-state index is -0.367. The number of anilines is 1. The molecule has 2 amide bonds. The SMILES string of the molecule is CC(C)(CO)CNC(=O)c1ccc2c(c1)OCC(=O)N2. The first kappa shape index (κ1) is 14.3. The van der Waals surface area contributed by atoms with Crippen molar-refractivity contribution in [3.8, 4) is 5.75 Å². The van der Waals surface area contributed by atoms with Crippen LogP contribution < -0.4 is 15.4 Å². The van der Waals surface area contributed by atoms with Crippen molar-refractivity contribution >= 4 is 17.5 Å². The lowest BCUT2D eigenvalue weighted by atomic mass is 9.95. The Bertz CT molecular complexity index is 540. The van der Waals surface area contributed by atoms with Crippen molar-refractivity contribution in [2.24, 2.45) is 5.41 Å². The van der Waals surface area contributed by atoms with Crippen molar-refractivity contribution in [1.82, 2.24) is 5.32 Å². The summed E-state index contributed by atoms with van der Waals surface area (Å²) < 4.78 is 5.26. The largest absolute Gasteiger partial charge is 0.482 e. The molecule has 1 aromatic rings. The third kappa shape index (κ3) is 3.27. The number of aliphatic hydroxyl groups is 1. The number of fused-ring (bicyclic) bond motifs is 1. The molecule has 1 aliphatic heterocycles. The average molecular weight is 278 g/mol. The molecule has 0 spiro atoms. The minimum Gasteiger partial charge on any atom is -0.482 e. The molecule has 0 aromatic heterocycles. The van der Waals surface area contributed by atoms with E-state index in [1.54, 1.807) is 18.2 Å². The van der Waals surface area contributed by atoms with Crippen molar-refractivity contribution in [1.29, 1.82) is 0 Å². The lowest BCUT2D eigenvalue weighted by Crippen LogP contribution is -2.36. The van der Waals surface area contributed by atoms with Gasteiger partial charge in [0.2, 0.25) is 0 Å². The smallest absolute Gasteiger partial charge is 0.262 e. The van der Waals surface area contributed by atoms with Crippen LogP contribution in [-0.4, -0.2) is 36.7 Å². The second kappa shape index (κ2) is 5.50. The van der Waals surface area contributed by atoms with E-state index in [1.807, 2.05) is 13.8 Å². The van der Waals surface area contributed by atoms with Gasteiger partial charge in [-0.25, -0.2) is 0 Å². The molecule has 1 aromatic carbocycles. The number of hydrogen-bond donors (Lipinski definition) is 3. The fourth-order valence-electron chi connectivity index (χ4n) is 1.69. The summed E-state index contributed by atoms with van der Waals surface area (Å²) in [6.45, 7) is 4.04. The third-order valence-electron chi connectivity index (χ3n) is 3.03. The number of benzene rings is 1. The Morgan fingerprint density at radius 2 is 2.25 bits per heavy atom. The van der Waals surface area contributed by atoms with E-state index >= 15 is 0 Å². The van der Waals surface area contributed by atoms with E-state index in [1.165, 1.54) is 0 Å². The zero-order valence-electron chi connectivity index (χ0n) is 11.5. The molecule has 1 heterocycles. The molecule has 0 atom stereocenters. The van der Waals surface area contributed by atoms with Gasteiger partial charge in [0, 0.05) is 24.1 Å². The molecular weight excluding hydrogens is 260 g/mol. The number of amides is 2. The van der Waals surface area contributed by atoms with E-state index in [0.29, 0.717) is 23.5 Å². The summed E-state index contributed by atoms with van der Waals surface area (Å²) in [6, 6.07) is 4.85. The minimum absolute atomic E-state index is 0.00733. The maximum Gasteiger partial charge on any atom is 0.262 e. The summed E-state index contributed by atoms with van der Waals surface area (Å²) >= 11 is 0. The van der Waals surface area contributed by atoms with E-state index < -0.39 is 0 Å². The lowest BCUT2D eigenvalue weighted by Gasteiger charge is -2.22. The van der Waals surface area contributed by atoms with Gasteiger partial charge < -0.3 is 20.5 Å². The third-order valence-corrected chi connectivity index (χ3v) is 3.03. The van der Waals surface area contributed by atoms with Gasteiger partial charge in [0.1, 0.15) is 5.75 Å². The molecule has 6 heteroatoms. The first-order valence-electron chi connectivity index (χ1n) is 6.37. The normalized spacial score (nSPS) is 14.1. The molecule has 6 nitrogen and oxygen atoms in total. The highest BCUT2D eigenvalue weighted by Crippen LogP contribution is 2.28. The van der Waals surface area contributed by atoms with Crippen LogP contribution in [0, 0.1) is 5.41 Å². The molecule has 0 aliphatic carbocycles. The molecule has 0 unspecified atom stereocenters. The van der Waals surface area contributed by atoms with E-state index in [4.69, 9.17) is 9.84 Å². The summed E-state index contributed by atoms with van der Waals surface area (Å²) in [4.78, 5) is 23.2. The Morgan fingerprint density at radius 3 is 2.95 bits per heavy atom. The van der Waals surface area contributed by atoms with Crippen molar-refractivity contribution < 1.29 is 19.4 Å². The molecule has 0 fully saturated rings. The van der Waals surface area contributed by atoms with Crippen LogP contribution in [0.15, 0.2) is 18.2 Å². The Hall–Kier alpha value is -2.08. The molecule has 0 bridgehead atoms. The number of nitrogens with one attached hydrogen (secondary N) is 2. The van der Waals surface area contributed by atoms with Gasteiger partial charge in [-0.2, -0.15) is 0 Å². The predicted octanol–water partition coefficient (Wildman–Crippen LogP) is 0.766. The number of ether oxygens (including phenoxy) is 1. The fraction of sp³-hybridized carbons (Fsp3) is 0.429. The second-order valence-corrected chi connectivity index (χ2v) is 5.55. The van der Waals surface area contributed by atoms with Crippen LogP contribution in [0.3, 0.4) is 0 Å². The molecule has 0 radical (unpaired) electrons. The Labute approximate surface area is 117 Å². The summed E-state index contributed by atoms with van der Waals surface area (Å²) in [5.74, 6) is 0.0351. The molecule has 3 N–H and O–H groups in total. The van der Waals surface area contributed by atoms with Crippen LogP contribution in [0.4, 0.5) is 5.69 Å². The van der Waals surface area contributed by atoms with Crippen LogP contribution in [-0.2, 0) is 4.79 Å². The highest BCUT2D eigenvalue weighted by molar-refractivity contribution is 5.98. The average Bonchev–Trinajstić information content (AvgIpc) is 2.44. The van der Waals surface area contributed by atoms with E-state index in [9.17, 15) is 9.59 Å². The lowest BCUT2D eigenvalue weighted by molar-refractivity contribution is -0.118. The molecule has 2 rings (SSSR count). The van der Waals surface area contributed by atoms with Crippen LogP contribution in [0.1, 0.15) is 24.2 Å². The topological polar surface area (TPSA) is 87.7 Å². The summed E-state index contributed by atoms with van der Waals surface area (Å²) in [7, 11) is 0. The van der Waals surface area contributed by atoms with Gasteiger partial charge in [-0.05, 0) is 18.2 Å². The van der Waals surface area contributed by atoms with Gasteiger partial charge in [0.25, 0.3) is 11.8 Å². The van der Waals surface area contributed by atoms with Crippen LogP contribution in [0.25, 0.3) is 0 Å². The van der Waals surface area contributed by atoms with Crippen molar-refractivity contribution in [3.05, 3.63) is 23.8 Å². The first-order chi connectivity index (χ1) is 9.41. The first-order valence-corrected chi connectivity index (χ1v) is 6.37. The summed E-state index contributed by atoms with van der Waals surface area (Å²) in [5.41, 5.74) is 0.649. The number of carbonyl (C=O) groups excluding carboxylic acids is 2. The Kier molecular flexibility index (Phi) is 3.94. The monoisotopic (exact) mass is 278 g/mol. The Morgan fingerprint density at radius 1 is 1.50 bits per heavy atom. The highest BCUT2D eigenvalue weighted by Gasteiger charge is 2.20. The van der Waals surface area contributed by atoms with Crippen molar-refractivity contribution in [3.63, 3.8) is 0 Å². The molecule has 108 valence electrons. The highest BCUT2D eigenvalue weighted by atomic mass is 16.5. The van der Waals surface area contributed by atoms with Crippen LogP contribution >= 0.6 is 0 Å². The molecule has 0 saturated carbocycles. The maximum atomic E-state index is 12.0. The quantitative estimate of drug-likeness (QED) is 0.759. The maximum absolute atomic E-state index is 12.0. The van der Waals surface area contributed by atoms with Gasteiger partial charge >= 0.3 is 0 Å². The fourth-order valence-corrected chi connectivity index (χ4v) is 1.69. The number of hydrogen-bond acceptors (Lipinski definition) is 4. The zero-order chi connectivity index (χ0) is 14.8. The summed E-state index contributed by atoms with van der Waals surface area (Å²) in [6.07, 6.45) is 0. The van der Waals surface area contributed by atoms with Gasteiger partial charge in [-0.15, -0.1) is 0 Å². The van der Waals surface area contributed by atoms with E-state index in [2.05, 4.69) is 10.6 Å². The van der Waals surface area contributed by atoms with Gasteiger partial charge in [-0.1, -0.05) is 13.8 Å². The number of rotatable bonds is 4. The number of carbonyl (C=O) groups is 2. The molecule has 1 aliphatic rings. The van der Waals surface area contributed by atoms with Crippen molar-refractivity contribution in [2.75, 3.05) is 25.1 Å². The van der Waals surface area contributed by atoms with E-state index in [0.717, 1.165) is 0 Å². The summed E-state index contributed by atoms with van der Waals surface area (Å²) in [5, 5.41) is 14.6. The van der Waals surface area contributed by atoms with Gasteiger partial charge in [0.05, 0.1) is 5.69 Å². The number of aliphatic hydroxyl groups excluding tert-OH is 1. The van der Waals surface area contributed by atoms with Gasteiger partial charge in [-0.3, -0.25) is 9.59 Å².